The molecule has 7 nitrogen and oxygen atoms in total. The molecule has 0 aliphatic carbocycles. The molecule has 0 radical (unpaired) electrons. The summed E-state index contributed by atoms with van der Waals surface area (Å²) in [5.41, 5.74) is 1.92. The molecule has 36 heavy (non-hydrogen) atoms. The molecular formula is C27H32N2O5S2. The molecule has 9 heteroatoms. The summed E-state index contributed by atoms with van der Waals surface area (Å²) in [7, 11) is -1.07. The van der Waals surface area contributed by atoms with E-state index >= 15 is 0 Å². The Morgan fingerprint density at radius 3 is 2.25 bits per heavy atom. The van der Waals surface area contributed by atoms with E-state index in [1.165, 1.54) is 30.7 Å². The van der Waals surface area contributed by atoms with E-state index in [0.717, 1.165) is 16.0 Å². The molecule has 3 aromatic carbocycles. The summed E-state index contributed by atoms with van der Waals surface area (Å²) >= 11 is 1.64. The fourth-order valence-electron chi connectivity index (χ4n) is 3.73. The van der Waals surface area contributed by atoms with Crippen LogP contribution in [0.5, 0.6) is 11.5 Å². The minimum atomic E-state index is -4.00. The zero-order chi connectivity index (χ0) is 26.1. The lowest BCUT2D eigenvalue weighted by Gasteiger charge is -2.24. The van der Waals surface area contributed by atoms with Gasteiger partial charge in [-0.05, 0) is 55.0 Å². The summed E-state index contributed by atoms with van der Waals surface area (Å²) in [5, 5.41) is 2.93. The SMILES string of the molecule is COc1ccc(S(=O)(=O)N(CCc2ccccc2)CC(=O)N[C@H](C)c2ccc(SC)cc2)cc1OC. The second-order valence-electron chi connectivity index (χ2n) is 8.15. The number of nitrogens with one attached hydrogen (secondary N) is 1. The van der Waals surface area contributed by atoms with Crippen LogP contribution in [0.25, 0.3) is 0 Å². The van der Waals surface area contributed by atoms with E-state index in [2.05, 4.69) is 5.32 Å². The lowest BCUT2D eigenvalue weighted by Crippen LogP contribution is -2.42. The van der Waals surface area contributed by atoms with Crippen LogP contribution in [-0.2, 0) is 21.2 Å². The molecule has 0 spiro atoms. The summed E-state index contributed by atoms with van der Waals surface area (Å²) in [4.78, 5) is 14.2. The molecule has 0 saturated carbocycles. The lowest BCUT2D eigenvalue weighted by atomic mass is 10.1. The van der Waals surface area contributed by atoms with Crippen LogP contribution in [0.3, 0.4) is 0 Å². The van der Waals surface area contributed by atoms with E-state index in [-0.39, 0.29) is 29.9 Å². The van der Waals surface area contributed by atoms with Gasteiger partial charge in [0.2, 0.25) is 15.9 Å². The Labute approximate surface area is 217 Å². The summed E-state index contributed by atoms with van der Waals surface area (Å²) in [5.74, 6) is 0.341. The number of methoxy groups -OCH3 is 2. The number of ether oxygens (including phenoxy) is 2. The van der Waals surface area contributed by atoms with Gasteiger partial charge in [0.05, 0.1) is 31.7 Å². The second-order valence-corrected chi connectivity index (χ2v) is 11.0. The Hall–Kier alpha value is -3.01. The summed E-state index contributed by atoms with van der Waals surface area (Å²) in [6, 6.07) is 21.6. The first-order valence-corrected chi connectivity index (χ1v) is 14.1. The van der Waals surface area contributed by atoms with E-state index in [4.69, 9.17) is 9.47 Å². The van der Waals surface area contributed by atoms with Crippen molar-refractivity contribution in [3.63, 3.8) is 0 Å². The number of hydrogen-bond donors (Lipinski definition) is 1. The Balaban J connectivity index is 1.82. The standard InChI is InChI=1S/C27H32N2O5S2/c1-20(22-10-12-23(35-4)13-11-22)28-27(30)19-29(17-16-21-8-6-5-7-9-21)36(31,32)24-14-15-25(33-2)26(18-24)34-3/h5-15,18,20H,16-17,19H2,1-4H3,(H,28,30)/t20-/m1/s1. The molecule has 0 unspecified atom stereocenters. The average molecular weight is 529 g/mol. The Kier molecular flexibility index (Phi) is 9.81. The van der Waals surface area contributed by atoms with Crippen LogP contribution in [0.4, 0.5) is 0 Å². The smallest absolute Gasteiger partial charge is 0.243 e. The number of carbonyl (C=O) groups excluding carboxylic acids is 1. The van der Waals surface area contributed by atoms with Crippen LogP contribution in [-0.4, -0.2) is 52.2 Å². The number of hydrogen-bond acceptors (Lipinski definition) is 6. The molecule has 1 amide bonds. The zero-order valence-corrected chi connectivity index (χ0v) is 22.6. The third kappa shape index (κ3) is 7.02. The van der Waals surface area contributed by atoms with Gasteiger partial charge in [0.15, 0.2) is 11.5 Å². The summed E-state index contributed by atoms with van der Waals surface area (Å²) < 4.78 is 39.0. The van der Waals surface area contributed by atoms with Crippen LogP contribution in [0, 0.1) is 0 Å². The van der Waals surface area contributed by atoms with Crippen molar-refractivity contribution in [2.75, 3.05) is 33.6 Å². The van der Waals surface area contributed by atoms with Crippen molar-refractivity contribution in [3.8, 4) is 11.5 Å². The highest BCUT2D eigenvalue weighted by molar-refractivity contribution is 7.98. The number of nitrogens with zero attached hydrogens (tertiary/aromatic N) is 1. The average Bonchev–Trinajstić information content (AvgIpc) is 2.90. The molecule has 3 aromatic rings. The van der Waals surface area contributed by atoms with Gasteiger partial charge in [-0.3, -0.25) is 4.79 Å². The van der Waals surface area contributed by atoms with Crippen LogP contribution in [0.2, 0.25) is 0 Å². The van der Waals surface area contributed by atoms with E-state index in [1.54, 1.807) is 17.8 Å². The van der Waals surface area contributed by atoms with Gasteiger partial charge in [-0.15, -0.1) is 11.8 Å². The highest BCUT2D eigenvalue weighted by Crippen LogP contribution is 2.30. The first-order chi connectivity index (χ1) is 17.3. The molecule has 0 heterocycles. The number of carbonyl (C=O) groups is 1. The third-order valence-corrected chi connectivity index (χ3v) is 8.38. The predicted molar refractivity (Wildman–Crippen MR) is 143 cm³/mol. The predicted octanol–water partition coefficient (Wildman–Crippen LogP) is 4.54. The van der Waals surface area contributed by atoms with Gasteiger partial charge in [0, 0.05) is 17.5 Å². The van der Waals surface area contributed by atoms with E-state index in [0.29, 0.717) is 17.9 Å². The van der Waals surface area contributed by atoms with Crippen molar-refractivity contribution < 1.29 is 22.7 Å². The highest BCUT2D eigenvalue weighted by atomic mass is 32.2. The maximum absolute atomic E-state index is 13.6. The monoisotopic (exact) mass is 528 g/mol. The number of sulfonamides is 1. The maximum atomic E-state index is 13.6. The first-order valence-electron chi connectivity index (χ1n) is 11.5. The minimum absolute atomic E-state index is 0.0294. The van der Waals surface area contributed by atoms with Crippen LogP contribution >= 0.6 is 11.8 Å². The fourth-order valence-corrected chi connectivity index (χ4v) is 5.55. The third-order valence-electron chi connectivity index (χ3n) is 5.80. The molecule has 0 aliphatic rings. The number of amides is 1. The van der Waals surface area contributed by atoms with Gasteiger partial charge in [-0.2, -0.15) is 4.31 Å². The first kappa shape index (κ1) is 27.6. The van der Waals surface area contributed by atoms with Crippen molar-refractivity contribution in [2.24, 2.45) is 0 Å². The topological polar surface area (TPSA) is 84.9 Å². The minimum Gasteiger partial charge on any atom is -0.493 e. The molecule has 1 N–H and O–H groups in total. The molecule has 192 valence electrons. The number of benzene rings is 3. The van der Waals surface area contributed by atoms with E-state index in [1.807, 2.05) is 67.8 Å². The van der Waals surface area contributed by atoms with Crippen LogP contribution in [0.1, 0.15) is 24.1 Å². The van der Waals surface area contributed by atoms with Gasteiger partial charge in [-0.25, -0.2) is 8.42 Å². The van der Waals surface area contributed by atoms with Gasteiger partial charge in [0.25, 0.3) is 0 Å². The van der Waals surface area contributed by atoms with Gasteiger partial charge >= 0.3 is 0 Å². The van der Waals surface area contributed by atoms with E-state index < -0.39 is 10.0 Å². The highest BCUT2D eigenvalue weighted by Gasteiger charge is 2.28. The zero-order valence-electron chi connectivity index (χ0n) is 20.9. The second kappa shape index (κ2) is 12.8. The molecule has 0 aromatic heterocycles. The van der Waals surface area contributed by atoms with Crippen molar-refractivity contribution in [1.29, 1.82) is 0 Å². The van der Waals surface area contributed by atoms with Crippen molar-refractivity contribution in [1.82, 2.24) is 9.62 Å². The molecule has 1 atom stereocenters. The fraction of sp³-hybridized carbons (Fsp3) is 0.296. The quantitative estimate of drug-likeness (QED) is 0.348. The van der Waals surface area contributed by atoms with Gasteiger partial charge in [0.1, 0.15) is 0 Å². The Morgan fingerprint density at radius 2 is 1.64 bits per heavy atom. The lowest BCUT2D eigenvalue weighted by molar-refractivity contribution is -0.121. The largest absolute Gasteiger partial charge is 0.493 e. The van der Waals surface area contributed by atoms with Crippen molar-refractivity contribution in [3.05, 3.63) is 83.9 Å². The maximum Gasteiger partial charge on any atom is 0.243 e. The van der Waals surface area contributed by atoms with Crippen LogP contribution < -0.4 is 14.8 Å². The normalized spacial score (nSPS) is 12.2. The molecule has 0 fully saturated rings. The summed E-state index contributed by atoms with van der Waals surface area (Å²) in [6.45, 7) is 1.71. The molecule has 0 saturated heterocycles. The number of rotatable bonds is 12. The molecular weight excluding hydrogens is 496 g/mol. The van der Waals surface area contributed by atoms with Crippen molar-refractivity contribution >= 4 is 27.7 Å². The summed E-state index contributed by atoms with van der Waals surface area (Å²) in [6.07, 6.45) is 2.47. The van der Waals surface area contributed by atoms with Gasteiger partial charge < -0.3 is 14.8 Å². The molecule has 0 bridgehead atoms. The molecule has 0 aliphatic heterocycles. The number of thioether (sulfide) groups is 1. The molecule has 3 rings (SSSR count). The van der Waals surface area contributed by atoms with Crippen LogP contribution in [0.15, 0.2) is 82.6 Å². The van der Waals surface area contributed by atoms with E-state index in [9.17, 15) is 13.2 Å². The Bertz CT molecular complexity index is 1250. The van der Waals surface area contributed by atoms with Gasteiger partial charge in [-0.1, -0.05) is 42.5 Å². The van der Waals surface area contributed by atoms with Crippen molar-refractivity contribution in [2.45, 2.75) is 29.2 Å². The Morgan fingerprint density at radius 1 is 0.972 bits per heavy atom.